The van der Waals surface area contributed by atoms with Gasteiger partial charge in [0.05, 0.1) is 18.2 Å². The predicted molar refractivity (Wildman–Crippen MR) is 120 cm³/mol. The fourth-order valence-corrected chi connectivity index (χ4v) is 3.63. The van der Waals surface area contributed by atoms with Crippen molar-refractivity contribution in [2.75, 3.05) is 13.6 Å². The maximum Gasteiger partial charge on any atom is 0.323 e. The van der Waals surface area contributed by atoms with Crippen LogP contribution in [0.2, 0.25) is 0 Å². The smallest absolute Gasteiger partial charge is 0.323 e. The van der Waals surface area contributed by atoms with Crippen LogP contribution in [0.15, 0.2) is 59.8 Å². The molecule has 0 fully saturated rings. The first-order chi connectivity index (χ1) is 17.5. The highest BCUT2D eigenvalue weighted by Gasteiger charge is 2.58. The van der Waals surface area contributed by atoms with Gasteiger partial charge >= 0.3 is 5.92 Å². The Balaban J connectivity index is 1.61. The van der Waals surface area contributed by atoms with Gasteiger partial charge in [-0.2, -0.15) is 14.0 Å². The number of nitriles is 1. The third-order valence-corrected chi connectivity index (χ3v) is 5.53. The monoisotopic (exact) mass is 518 g/mol. The van der Waals surface area contributed by atoms with E-state index in [1.54, 1.807) is 6.07 Å². The van der Waals surface area contributed by atoms with E-state index in [-0.39, 0.29) is 23.5 Å². The van der Waals surface area contributed by atoms with E-state index in [0.29, 0.717) is 6.07 Å². The average Bonchev–Trinajstić information content (AvgIpc) is 3.27. The number of aromatic nitrogens is 1. The molecule has 2 N–H and O–H groups in total. The molecule has 0 aliphatic carbocycles. The van der Waals surface area contributed by atoms with Crippen LogP contribution in [0.1, 0.15) is 22.4 Å². The number of hydrogen-bond donors (Lipinski definition) is 2. The molecule has 2 heterocycles. The van der Waals surface area contributed by atoms with Crippen LogP contribution >= 0.6 is 0 Å². The zero-order valence-corrected chi connectivity index (χ0v) is 19.2. The summed E-state index contributed by atoms with van der Waals surface area (Å²) in [5.74, 6) is -7.48. The lowest BCUT2D eigenvalue weighted by Gasteiger charge is -2.38. The second-order valence-electron chi connectivity index (χ2n) is 8.14. The summed E-state index contributed by atoms with van der Waals surface area (Å²) in [5.41, 5.74) is -2.03. The molecule has 1 unspecified atom stereocenters. The van der Waals surface area contributed by atoms with Crippen LogP contribution in [0.25, 0.3) is 0 Å². The molecule has 1 aliphatic rings. The normalized spacial score (nSPS) is 15.0. The summed E-state index contributed by atoms with van der Waals surface area (Å²) >= 11 is 0. The second kappa shape index (κ2) is 10.00. The van der Waals surface area contributed by atoms with E-state index >= 15 is 8.78 Å². The molecule has 0 saturated carbocycles. The number of nitrogens with one attached hydrogen (secondary N) is 1. The van der Waals surface area contributed by atoms with E-state index in [0.717, 1.165) is 41.8 Å². The summed E-state index contributed by atoms with van der Waals surface area (Å²) in [6.07, 6.45) is 2.15. The average molecular weight is 518 g/mol. The topological polar surface area (TPSA) is 97.0 Å². The number of hydrazine groups is 2. The van der Waals surface area contributed by atoms with Gasteiger partial charge in [0.25, 0.3) is 0 Å². The molecule has 2 aromatic carbocycles. The van der Waals surface area contributed by atoms with Gasteiger partial charge in [0.2, 0.25) is 0 Å². The van der Waals surface area contributed by atoms with Crippen LogP contribution in [0.4, 0.5) is 22.0 Å². The molecule has 3 aromatic rings. The van der Waals surface area contributed by atoms with E-state index in [1.807, 2.05) is 0 Å². The quantitative estimate of drug-likeness (QED) is 0.441. The molecular formula is C24H19F5N6O2. The van der Waals surface area contributed by atoms with E-state index < -0.39 is 46.8 Å². The van der Waals surface area contributed by atoms with Gasteiger partial charge in [-0.05, 0) is 36.4 Å². The Bertz CT molecular complexity index is 1360. The summed E-state index contributed by atoms with van der Waals surface area (Å²) in [5, 5.41) is 26.1. The lowest BCUT2D eigenvalue weighted by atomic mass is 9.84. The molecule has 1 aliphatic heterocycles. The number of hydrogen-bond acceptors (Lipinski definition) is 8. The number of aliphatic hydroxyl groups is 1. The summed E-state index contributed by atoms with van der Waals surface area (Å²) < 4.78 is 79.1. The van der Waals surface area contributed by atoms with Crippen LogP contribution in [0.5, 0.6) is 5.75 Å². The number of alkyl halides is 2. The Labute approximate surface area is 207 Å². The molecule has 4 rings (SSSR count). The molecule has 0 spiro atoms. The third-order valence-electron chi connectivity index (χ3n) is 5.53. The number of benzene rings is 2. The Morgan fingerprint density at radius 3 is 2.46 bits per heavy atom. The van der Waals surface area contributed by atoms with Crippen LogP contribution in [0, 0.1) is 28.8 Å². The Morgan fingerprint density at radius 1 is 1.08 bits per heavy atom. The van der Waals surface area contributed by atoms with Crippen molar-refractivity contribution in [2.24, 2.45) is 5.10 Å². The van der Waals surface area contributed by atoms with Gasteiger partial charge < -0.3 is 9.84 Å². The number of halogens is 5. The maximum absolute atomic E-state index is 15.8. The maximum atomic E-state index is 15.8. The van der Waals surface area contributed by atoms with Crippen molar-refractivity contribution in [3.05, 3.63) is 94.6 Å². The fourth-order valence-electron chi connectivity index (χ4n) is 3.63. The minimum atomic E-state index is -4.18. The van der Waals surface area contributed by atoms with E-state index in [2.05, 4.69) is 15.6 Å². The van der Waals surface area contributed by atoms with Gasteiger partial charge in [-0.1, -0.05) is 6.07 Å². The summed E-state index contributed by atoms with van der Waals surface area (Å²) in [6, 6.07) is 9.42. The molecule has 0 saturated heterocycles. The minimum absolute atomic E-state index is 0.102. The molecule has 1 atom stereocenters. The Kier molecular flexibility index (Phi) is 6.97. The highest BCUT2D eigenvalue weighted by atomic mass is 19.3. The molecule has 192 valence electrons. The van der Waals surface area contributed by atoms with Crippen molar-refractivity contribution in [3.8, 4) is 11.8 Å². The number of hydrazone groups is 1. The summed E-state index contributed by atoms with van der Waals surface area (Å²) in [4.78, 5) is 3.73. The van der Waals surface area contributed by atoms with Gasteiger partial charge in [-0.15, -0.1) is 10.6 Å². The first-order valence-corrected chi connectivity index (χ1v) is 10.7. The summed E-state index contributed by atoms with van der Waals surface area (Å²) in [7, 11) is 1.47. The third kappa shape index (κ3) is 5.16. The van der Waals surface area contributed by atoms with Crippen molar-refractivity contribution in [2.45, 2.75) is 18.1 Å². The van der Waals surface area contributed by atoms with Crippen molar-refractivity contribution in [3.63, 3.8) is 0 Å². The van der Waals surface area contributed by atoms with E-state index in [4.69, 9.17) is 10.00 Å². The Morgan fingerprint density at radius 2 is 1.86 bits per heavy atom. The standard InChI is InChI=1S/C24H19F5N6O2/c1-34-32-14-35(33-34)13-23(36,18-5-4-17(25)9-19(18)26)24(28,29)22-7-3-16(11-31-22)12-37-21-6-2-15(10-30)8-20(21)27/h2-9,11,14,33,36H,12-13H2,1H3. The van der Waals surface area contributed by atoms with Crippen molar-refractivity contribution in [1.29, 1.82) is 5.26 Å². The second-order valence-corrected chi connectivity index (χ2v) is 8.14. The summed E-state index contributed by atoms with van der Waals surface area (Å²) in [6.45, 7) is -1.13. The number of pyridine rings is 1. The zero-order chi connectivity index (χ0) is 26.8. The zero-order valence-electron chi connectivity index (χ0n) is 19.2. The van der Waals surface area contributed by atoms with E-state index in [9.17, 15) is 18.3 Å². The molecule has 0 bridgehead atoms. The number of ether oxygens (including phenoxy) is 1. The molecule has 13 heteroatoms. The van der Waals surface area contributed by atoms with Gasteiger partial charge in [0.1, 0.15) is 30.3 Å². The number of rotatable bonds is 8. The number of nitrogens with zero attached hydrogens (tertiary/aromatic N) is 5. The van der Waals surface area contributed by atoms with Crippen LogP contribution in [0.3, 0.4) is 0 Å². The molecule has 37 heavy (non-hydrogen) atoms. The predicted octanol–water partition coefficient (Wildman–Crippen LogP) is 3.54. The highest BCUT2D eigenvalue weighted by Crippen LogP contribution is 2.46. The van der Waals surface area contributed by atoms with Gasteiger partial charge in [-0.25, -0.2) is 18.3 Å². The SMILES string of the molecule is CN1N=CN(CC(O)(c2ccc(F)cc2F)C(F)(F)c2ccc(COc3ccc(C#N)cc3F)cn2)N1. The van der Waals surface area contributed by atoms with Crippen LogP contribution in [-0.4, -0.2) is 40.1 Å². The van der Waals surface area contributed by atoms with Gasteiger partial charge in [0.15, 0.2) is 17.2 Å². The Hall–Kier alpha value is -4.28. The lowest BCUT2D eigenvalue weighted by molar-refractivity contribution is -0.207. The molecule has 0 radical (unpaired) electrons. The van der Waals surface area contributed by atoms with Crippen molar-refractivity contribution in [1.82, 2.24) is 20.6 Å². The lowest BCUT2D eigenvalue weighted by Crippen LogP contribution is -2.55. The molecule has 1 aromatic heterocycles. The van der Waals surface area contributed by atoms with E-state index in [1.165, 1.54) is 30.4 Å². The first-order valence-electron chi connectivity index (χ1n) is 10.7. The fraction of sp³-hybridized carbons (Fsp3) is 0.208. The molecular weight excluding hydrogens is 499 g/mol. The molecule has 8 nitrogen and oxygen atoms in total. The van der Waals surface area contributed by atoms with Gasteiger partial charge in [-0.3, -0.25) is 9.99 Å². The molecule has 0 amide bonds. The van der Waals surface area contributed by atoms with Crippen LogP contribution in [-0.2, 0) is 18.1 Å². The van der Waals surface area contributed by atoms with Crippen LogP contribution < -0.4 is 10.3 Å². The van der Waals surface area contributed by atoms with Crippen molar-refractivity contribution < 1.29 is 31.8 Å². The van der Waals surface area contributed by atoms with Crippen molar-refractivity contribution >= 4 is 6.34 Å². The highest BCUT2D eigenvalue weighted by molar-refractivity contribution is 5.55. The first kappa shape index (κ1) is 25.8. The number of β-amino-alcohol motifs (C(OH)–C–C–N with tert-alkyl or cyclic N) is 1. The van der Waals surface area contributed by atoms with Gasteiger partial charge in [0, 0.05) is 30.4 Å². The minimum Gasteiger partial charge on any atom is -0.486 e. The largest absolute Gasteiger partial charge is 0.486 e.